The highest BCUT2D eigenvalue weighted by Crippen LogP contribution is 2.66. The van der Waals surface area contributed by atoms with E-state index in [-0.39, 0.29) is 5.41 Å². The molecule has 0 saturated carbocycles. The lowest BCUT2D eigenvalue weighted by molar-refractivity contribution is 0.702. The van der Waals surface area contributed by atoms with E-state index in [9.17, 15) is 0 Å². The third kappa shape index (κ3) is 2.75. The molecule has 0 aliphatic heterocycles. The van der Waals surface area contributed by atoms with Crippen molar-refractivity contribution < 1.29 is 0 Å². The average Bonchev–Trinajstić information content (AvgIpc) is 3.41. The molecule has 0 heterocycles. The highest BCUT2D eigenvalue weighted by molar-refractivity contribution is 6.36. The smallest absolute Gasteiger partial charge is 0.0688 e. The number of halogens is 2. The summed E-state index contributed by atoms with van der Waals surface area (Å²) in [4.78, 5) is 0. The van der Waals surface area contributed by atoms with Crippen LogP contribution in [0.1, 0.15) is 47.9 Å². The van der Waals surface area contributed by atoms with Gasteiger partial charge in [-0.3, -0.25) is 0 Å². The molecule has 4 aliphatic carbocycles. The Morgan fingerprint density at radius 1 is 0.622 bits per heavy atom. The van der Waals surface area contributed by atoms with E-state index >= 15 is 0 Å². The molecule has 178 valence electrons. The maximum absolute atomic E-state index is 6.87. The van der Waals surface area contributed by atoms with E-state index < -0.39 is 0 Å². The summed E-state index contributed by atoms with van der Waals surface area (Å²) in [5.41, 5.74) is 16.3. The minimum atomic E-state index is -0.271. The Bertz CT molecular complexity index is 1700. The van der Waals surface area contributed by atoms with Gasteiger partial charge in [0.25, 0.3) is 0 Å². The molecule has 4 aliphatic rings. The summed E-state index contributed by atoms with van der Waals surface area (Å²) in [5.74, 6) is 0. The van der Waals surface area contributed by atoms with Gasteiger partial charge in [0.1, 0.15) is 0 Å². The molecule has 0 N–H and O–H groups in total. The van der Waals surface area contributed by atoms with Gasteiger partial charge in [0.15, 0.2) is 0 Å². The molecule has 0 radical (unpaired) electrons. The third-order valence-electron chi connectivity index (χ3n) is 8.86. The van der Waals surface area contributed by atoms with Gasteiger partial charge in [-0.15, -0.1) is 0 Å². The van der Waals surface area contributed by atoms with Crippen LogP contribution >= 0.6 is 23.2 Å². The molecular weight excluding hydrogens is 491 g/mol. The highest BCUT2D eigenvalue weighted by Gasteiger charge is 2.54. The molecule has 37 heavy (non-hydrogen) atoms. The molecule has 4 aromatic carbocycles. The Hall–Kier alpha value is -3.32. The first-order valence-electron chi connectivity index (χ1n) is 13.1. The lowest BCUT2D eigenvalue weighted by Crippen LogP contribution is -2.28. The molecule has 4 aromatic rings. The molecule has 0 amide bonds. The highest BCUT2D eigenvalue weighted by atomic mass is 35.5. The number of hydrogen-bond donors (Lipinski definition) is 0. The molecular formula is C35H24Cl2. The topological polar surface area (TPSA) is 0 Å². The SMILES string of the molecule is Clc1ccc(-c2cccc3c2C2=C(CCC4=C2CCC=C4)C32c3ccccc3-c3ccccc32)c(Cl)c1. The first-order valence-corrected chi connectivity index (χ1v) is 13.9. The minimum Gasteiger partial charge on any atom is -0.0843 e. The number of hydrogen-bond acceptors (Lipinski definition) is 0. The van der Waals surface area contributed by atoms with Crippen LogP contribution in [0.15, 0.2) is 114 Å². The van der Waals surface area contributed by atoms with Crippen molar-refractivity contribution in [3.05, 3.63) is 146 Å². The largest absolute Gasteiger partial charge is 0.0843 e. The van der Waals surface area contributed by atoms with E-state index in [0.29, 0.717) is 10.0 Å². The first kappa shape index (κ1) is 21.7. The lowest BCUT2D eigenvalue weighted by Gasteiger charge is -2.35. The quantitative estimate of drug-likeness (QED) is 0.237. The van der Waals surface area contributed by atoms with Crippen molar-refractivity contribution >= 4 is 28.8 Å². The normalized spacial score (nSPS) is 18.0. The van der Waals surface area contributed by atoms with Gasteiger partial charge in [0, 0.05) is 15.6 Å². The van der Waals surface area contributed by atoms with E-state index in [0.717, 1.165) is 31.2 Å². The summed E-state index contributed by atoms with van der Waals surface area (Å²) >= 11 is 13.2. The maximum Gasteiger partial charge on any atom is 0.0688 e. The second-order valence-corrected chi connectivity index (χ2v) is 11.3. The van der Waals surface area contributed by atoms with Crippen LogP contribution in [0.25, 0.3) is 27.8 Å². The van der Waals surface area contributed by atoms with Crippen molar-refractivity contribution in [3.8, 4) is 22.3 Å². The molecule has 8 rings (SSSR count). The summed E-state index contributed by atoms with van der Waals surface area (Å²) in [6.07, 6.45) is 9.06. The van der Waals surface area contributed by atoms with Gasteiger partial charge in [-0.05, 0) is 99.1 Å². The fourth-order valence-corrected chi connectivity index (χ4v) is 8.07. The molecule has 0 saturated heterocycles. The van der Waals surface area contributed by atoms with Crippen LogP contribution in [0.4, 0.5) is 0 Å². The molecule has 0 aromatic heterocycles. The summed E-state index contributed by atoms with van der Waals surface area (Å²) in [5, 5.41) is 1.36. The number of allylic oxidation sites excluding steroid dienone is 6. The van der Waals surface area contributed by atoms with Crippen LogP contribution in [-0.2, 0) is 5.41 Å². The Kier molecular flexibility index (Phi) is 4.61. The summed E-state index contributed by atoms with van der Waals surface area (Å²) < 4.78 is 0. The zero-order valence-electron chi connectivity index (χ0n) is 20.3. The zero-order valence-corrected chi connectivity index (χ0v) is 21.8. The van der Waals surface area contributed by atoms with Crippen molar-refractivity contribution in [3.63, 3.8) is 0 Å². The standard InChI is InChI=1S/C35H24Cl2/c36-22-17-18-26(32(37)20-22)27-12-7-15-30-34(27)33-23-9-2-1-8-21(23)16-19-31(33)35(30)28-13-5-3-10-24(28)25-11-4-6-14-29(25)35/h1,3-8,10-15,17-18,20H,2,9,16,19H2. The molecule has 0 nitrogen and oxygen atoms in total. The second-order valence-electron chi connectivity index (χ2n) is 10.5. The summed E-state index contributed by atoms with van der Waals surface area (Å²) in [6.45, 7) is 0. The van der Waals surface area contributed by atoms with Crippen molar-refractivity contribution in [2.24, 2.45) is 0 Å². The Morgan fingerprint density at radius 2 is 1.32 bits per heavy atom. The van der Waals surface area contributed by atoms with E-state index in [1.807, 2.05) is 12.1 Å². The average molecular weight is 515 g/mol. The Morgan fingerprint density at radius 3 is 2.08 bits per heavy atom. The monoisotopic (exact) mass is 514 g/mol. The molecule has 2 heteroatoms. The predicted molar refractivity (Wildman–Crippen MR) is 155 cm³/mol. The van der Waals surface area contributed by atoms with Crippen molar-refractivity contribution in [2.45, 2.75) is 31.1 Å². The van der Waals surface area contributed by atoms with Gasteiger partial charge in [0.2, 0.25) is 0 Å². The van der Waals surface area contributed by atoms with Crippen molar-refractivity contribution in [1.82, 2.24) is 0 Å². The fraction of sp³-hybridized carbons (Fsp3) is 0.143. The fourth-order valence-electron chi connectivity index (χ4n) is 7.56. The van der Waals surface area contributed by atoms with Gasteiger partial charge in [0.05, 0.1) is 5.41 Å². The first-order chi connectivity index (χ1) is 18.2. The van der Waals surface area contributed by atoms with Crippen LogP contribution in [-0.4, -0.2) is 0 Å². The summed E-state index contributed by atoms with van der Waals surface area (Å²) in [6, 6.07) is 30.9. The van der Waals surface area contributed by atoms with Crippen molar-refractivity contribution in [2.75, 3.05) is 0 Å². The van der Waals surface area contributed by atoms with Gasteiger partial charge in [-0.1, -0.05) is 108 Å². The molecule has 0 atom stereocenters. The van der Waals surface area contributed by atoms with Gasteiger partial charge >= 0.3 is 0 Å². The summed E-state index contributed by atoms with van der Waals surface area (Å²) in [7, 11) is 0. The minimum absolute atomic E-state index is 0.271. The Balaban J connectivity index is 1.55. The lowest BCUT2D eigenvalue weighted by atomic mass is 9.67. The number of benzene rings is 4. The van der Waals surface area contributed by atoms with Gasteiger partial charge < -0.3 is 0 Å². The molecule has 0 unspecified atom stereocenters. The van der Waals surface area contributed by atoms with Crippen LogP contribution in [0.2, 0.25) is 10.0 Å². The van der Waals surface area contributed by atoms with E-state index in [2.05, 4.69) is 84.9 Å². The van der Waals surface area contributed by atoms with Gasteiger partial charge in [-0.2, -0.15) is 0 Å². The van der Waals surface area contributed by atoms with Crippen LogP contribution in [0.5, 0.6) is 0 Å². The third-order valence-corrected chi connectivity index (χ3v) is 9.41. The molecule has 0 fully saturated rings. The second kappa shape index (κ2) is 7.84. The van der Waals surface area contributed by atoms with Gasteiger partial charge in [-0.25, -0.2) is 0 Å². The zero-order chi connectivity index (χ0) is 24.7. The van der Waals surface area contributed by atoms with Crippen molar-refractivity contribution in [1.29, 1.82) is 0 Å². The van der Waals surface area contributed by atoms with E-state index in [1.54, 1.807) is 5.57 Å². The number of fused-ring (bicyclic) bond motifs is 10. The maximum atomic E-state index is 6.87. The molecule has 0 bridgehead atoms. The molecule has 1 spiro atoms. The van der Waals surface area contributed by atoms with Crippen LogP contribution in [0.3, 0.4) is 0 Å². The van der Waals surface area contributed by atoms with Crippen LogP contribution in [0, 0.1) is 0 Å². The number of rotatable bonds is 1. The van der Waals surface area contributed by atoms with E-state index in [4.69, 9.17) is 23.2 Å². The van der Waals surface area contributed by atoms with E-state index in [1.165, 1.54) is 55.7 Å². The predicted octanol–water partition coefficient (Wildman–Crippen LogP) is 10.2. The Labute approximate surface area is 227 Å². The van der Waals surface area contributed by atoms with Crippen LogP contribution < -0.4 is 0 Å².